The fourth-order valence-corrected chi connectivity index (χ4v) is 4.48. The van der Waals surface area contributed by atoms with Gasteiger partial charge in [-0.15, -0.1) is 0 Å². The van der Waals surface area contributed by atoms with Crippen molar-refractivity contribution in [3.8, 4) is 11.5 Å². The molecule has 0 atom stereocenters. The predicted molar refractivity (Wildman–Crippen MR) is 107 cm³/mol. The maximum absolute atomic E-state index is 13.9. The molecule has 148 valence electrons. The summed E-state index contributed by atoms with van der Waals surface area (Å²) in [6.45, 7) is 3.99. The van der Waals surface area contributed by atoms with Crippen molar-refractivity contribution in [3.63, 3.8) is 0 Å². The minimum Gasteiger partial charge on any atom is -0.497 e. The van der Waals surface area contributed by atoms with Crippen LogP contribution in [0.15, 0.2) is 30.3 Å². The smallest absolute Gasteiger partial charge is 0.186 e. The first kappa shape index (κ1) is 18.9. The predicted octanol–water partition coefficient (Wildman–Crippen LogP) is 3.91. The third-order valence-electron chi connectivity index (χ3n) is 4.93. The Morgan fingerprint density at radius 3 is 2.54 bits per heavy atom. The molecule has 0 radical (unpaired) electrons. The molecule has 28 heavy (non-hydrogen) atoms. The first-order chi connectivity index (χ1) is 13.6. The van der Waals surface area contributed by atoms with Gasteiger partial charge in [0.05, 0.1) is 18.9 Å². The molecule has 0 aliphatic carbocycles. The van der Waals surface area contributed by atoms with E-state index in [1.54, 1.807) is 14.2 Å². The SMILES string of the molecule is COc1ccc(OC)c(CN2CCN(c3nc4c(F)cc(F)cc4s3)CC2)c1. The number of piperazine rings is 1. The maximum Gasteiger partial charge on any atom is 0.186 e. The van der Waals surface area contributed by atoms with Crippen LogP contribution in [0.1, 0.15) is 5.56 Å². The summed E-state index contributed by atoms with van der Waals surface area (Å²) in [7, 11) is 3.31. The molecule has 0 amide bonds. The zero-order chi connectivity index (χ0) is 19.7. The van der Waals surface area contributed by atoms with Gasteiger partial charge in [0, 0.05) is 44.4 Å². The highest BCUT2D eigenvalue weighted by Gasteiger charge is 2.22. The molecule has 4 rings (SSSR count). The van der Waals surface area contributed by atoms with Crippen molar-refractivity contribution in [3.05, 3.63) is 47.5 Å². The van der Waals surface area contributed by atoms with E-state index in [1.807, 2.05) is 18.2 Å². The second kappa shape index (κ2) is 7.89. The molecule has 1 aromatic heterocycles. The second-order valence-electron chi connectivity index (χ2n) is 6.67. The molecule has 1 aliphatic heterocycles. The van der Waals surface area contributed by atoms with E-state index in [-0.39, 0.29) is 5.52 Å². The standard InChI is InChI=1S/C20H21F2N3O2S/c1-26-15-3-4-17(27-2)13(9-15)12-24-5-7-25(8-6-24)20-23-19-16(22)10-14(21)11-18(19)28-20/h3-4,9-11H,5-8,12H2,1-2H3. The summed E-state index contributed by atoms with van der Waals surface area (Å²) >= 11 is 1.33. The number of rotatable bonds is 5. The lowest BCUT2D eigenvalue weighted by atomic mass is 10.1. The van der Waals surface area contributed by atoms with E-state index < -0.39 is 11.6 Å². The van der Waals surface area contributed by atoms with E-state index in [0.717, 1.165) is 61.0 Å². The largest absolute Gasteiger partial charge is 0.497 e. The third kappa shape index (κ3) is 3.74. The van der Waals surface area contributed by atoms with E-state index in [2.05, 4.69) is 14.8 Å². The van der Waals surface area contributed by atoms with E-state index in [0.29, 0.717) is 4.70 Å². The molecule has 1 aliphatic rings. The summed E-state index contributed by atoms with van der Waals surface area (Å²) in [5, 5.41) is 0.734. The van der Waals surface area contributed by atoms with Gasteiger partial charge in [0.15, 0.2) is 10.9 Å². The quantitative estimate of drug-likeness (QED) is 0.643. The summed E-state index contributed by atoms with van der Waals surface area (Å²) < 4.78 is 38.7. The van der Waals surface area contributed by atoms with Crippen molar-refractivity contribution < 1.29 is 18.3 Å². The summed E-state index contributed by atoms with van der Waals surface area (Å²) in [6.07, 6.45) is 0. The van der Waals surface area contributed by atoms with Gasteiger partial charge in [0.2, 0.25) is 0 Å². The minimum atomic E-state index is -0.610. The number of halogens is 2. The molecule has 1 fully saturated rings. The molecule has 5 nitrogen and oxygen atoms in total. The van der Waals surface area contributed by atoms with Gasteiger partial charge in [0.1, 0.15) is 22.8 Å². The fraction of sp³-hybridized carbons (Fsp3) is 0.350. The van der Waals surface area contributed by atoms with Gasteiger partial charge in [-0.2, -0.15) is 0 Å². The van der Waals surface area contributed by atoms with Gasteiger partial charge in [-0.25, -0.2) is 13.8 Å². The number of anilines is 1. The Balaban J connectivity index is 1.45. The maximum atomic E-state index is 13.9. The van der Waals surface area contributed by atoms with Crippen molar-refractivity contribution >= 4 is 26.7 Å². The molecule has 3 aromatic rings. The topological polar surface area (TPSA) is 37.8 Å². The van der Waals surface area contributed by atoms with E-state index in [4.69, 9.17) is 9.47 Å². The number of hydrogen-bond donors (Lipinski definition) is 0. The van der Waals surface area contributed by atoms with Crippen LogP contribution in [-0.2, 0) is 6.54 Å². The molecule has 0 spiro atoms. The monoisotopic (exact) mass is 405 g/mol. The number of hydrogen-bond acceptors (Lipinski definition) is 6. The number of aromatic nitrogens is 1. The molecule has 0 bridgehead atoms. The Morgan fingerprint density at radius 2 is 1.82 bits per heavy atom. The Labute approximate surface area is 166 Å². The first-order valence-corrected chi connectivity index (χ1v) is 9.83. The lowest BCUT2D eigenvalue weighted by molar-refractivity contribution is 0.245. The molecule has 1 saturated heterocycles. The van der Waals surface area contributed by atoms with Crippen molar-refractivity contribution in [1.29, 1.82) is 0 Å². The van der Waals surface area contributed by atoms with Gasteiger partial charge >= 0.3 is 0 Å². The number of fused-ring (bicyclic) bond motifs is 1. The number of methoxy groups -OCH3 is 2. The molecular weight excluding hydrogens is 384 g/mol. The van der Waals surface area contributed by atoms with Crippen LogP contribution in [0.3, 0.4) is 0 Å². The zero-order valence-electron chi connectivity index (χ0n) is 15.7. The number of thiazole rings is 1. The Kier molecular flexibility index (Phi) is 5.32. The van der Waals surface area contributed by atoms with Crippen LogP contribution in [-0.4, -0.2) is 50.3 Å². The van der Waals surface area contributed by atoms with Crippen molar-refractivity contribution in [2.45, 2.75) is 6.54 Å². The van der Waals surface area contributed by atoms with Gasteiger partial charge in [-0.05, 0) is 24.3 Å². The number of ether oxygens (including phenoxy) is 2. The van der Waals surface area contributed by atoms with Crippen LogP contribution in [0, 0.1) is 11.6 Å². The molecule has 8 heteroatoms. The highest BCUT2D eigenvalue weighted by Crippen LogP contribution is 2.32. The van der Waals surface area contributed by atoms with Crippen LogP contribution in [0.2, 0.25) is 0 Å². The average molecular weight is 405 g/mol. The first-order valence-electron chi connectivity index (χ1n) is 9.01. The van der Waals surface area contributed by atoms with Gasteiger partial charge in [-0.3, -0.25) is 4.90 Å². The number of nitrogens with zero attached hydrogens (tertiary/aromatic N) is 3. The Bertz CT molecular complexity index is 987. The minimum absolute atomic E-state index is 0.241. The number of benzene rings is 2. The summed E-state index contributed by atoms with van der Waals surface area (Å²) in [5.74, 6) is 0.462. The van der Waals surface area contributed by atoms with Crippen LogP contribution < -0.4 is 14.4 Å². The van der Waals surface area contributed by atoms with Crippen molar-refractivity contribution in [2.75, 3.05) is 45.3 Å². The highest BCUT2D eigenvalue weighted by atomic mass is 32.1. The summed E-state index contributed by atoms with van der Waals surface area (Å²) in [6, 6.07) is 8.01. The van der Waals surface area contributed by atoms with E-state index >= 15 is 0 Å². The lowest BCUT2D eigenvalue weighted by Crippen LogP contribution is -2.46. The summed E-state index contributed by atoms with van der Waals surface area (Å²) in [5.41, 5.74) is 1.32. The van der Waals surface area contributed by atoms with Crippen molar-refractivity contribution in [2.24, 2.45) is 0 Å². The highest BCUT2D eigenvalue weighted by molar-refractivity contribution is 7.22. The Morgan fingerprint density at radius 1 is 1.04 bits per heavy atom. The van der Waals surface area contributed by atoms with Crippen LogP contribution in [0.25, 0.3) is 10.2 Å². The summed E-state index contributed by atoms with van der Waals surface area (Å²) in [4.78, 5) is 8.84. The van der Waals surface area contributed by atoms with E-state index in [1.165, 1.54) is 17.4 Å². The lowest BCUT2D eigenvalue weighted by Gasteiger charge is -2.34. The molecule has 2 heterocycles. The molecular formula is C20H21F2N3O2S. The second-order valence-corrected chi connectivity index (χ2v) is 7.68. The van der Waals surface area contributed by atoms with Gasteiger partial charge in [-0.1, -0.05) is 11.3 Å². The molecule has 0 N–H and O–H groups in total. The molecule has 2 aromatic carbocycles. The van der Waals surface area contributed by atoms with Gasteiger partial charge in [0.25, 0.3) is 0 Å². The average Bonchev–Trinajstić information content (AvgIpc) is 3.13. The van der Waals surface area contributed by atoms with E-state index in [9.17, 15) is 8.78 Å². The van der Waals surface area contributed by atoms with Gasteiger partial charge < -0.3 is 14.4 Å². The van der Waals surface area contributed by atoms with Crippen molar-refractivity contribution in [1.82, 2.24) is 9.88 Å². The fourth-order valence-electron chi connectivity index (χ4n) is 3.42. The third-order valence-corrected chi connectivity index (χ3v) is 5.99. The molecule has 0 unspecified atom stereocenters. The van der Waals surface area contributed by atoms with Crippen LogP contribution in [0.5, 0.6) is 11.5 Å². The van der Waals surface area contributed by atoms with Crippen LogP contribution in [0.4, 0.5) is 13.9 Å². The molecule has 0 saturated carbocycles. The zero-order valence-corrected chi connectivity index (χ0v) is 16.6. The van der Waals surface area contributed by atoms with Crippen LogP contribution >= 0.6 is 11.3 Å². The normalized spacial score (nSPS) is 15.2. The Hall–Kier alpha value is -2.45.